The molecule has 0 bridgehead atoms. The van der Waals surface area contributed by atoms with Crippen molar-refractivity contribution in [3.63, 3.8) is 0 Å². The Labute approximate surface area is 118 Å². The molecule has 4 heteroatoms. The minimum Gasteiger partial charge on any atom is -0.329 e. The first-order valence-corrected chi connectivity index (χ1v) is 7.51. The third kappa shape index (κ3) is 4.05. The Bertz CT molecular complexity index is 372. The molecule has 0 spiro atoms. The van der Waals surface area contributed by atoms with Gasteiger partial charge in [0.1, 0.15) is 0 Å². The normalized spacial score (nSPS) is 14.9. The van der Waals surface area contributed by atoms with Gasteiger partial charge in [-0.25, -0.2) is 0 Å². The largest absolute Gasteiger partial charge is 0.329 e. The zero-order valence-corrected chi connectivity index (χ0v) is 13.2. The maximum atomic E-state index is 6.07. The van der Waals surface area contributed by atoms with E-state index in [9.17, 15) is 0 Å². The predicted molar refractivity (Wildman–Crippen MR) is 81.1 cm³/mol. The number of hydrogen-bond acceptors (Lipinski definition) is 3. The molecule has 0 aromatic carbocycles. The van der Waals surface area contributed by atoms with Crippen LogP contribution in [0.25, 0.3) is 0 Å². The number of nitrogens with two attached hydrogens (primary N) is 1. The average molecular weight is 266 g/mol. The fourth-order valence-electron chi connectivity index (χ4n) is 2.64. The average Bonchev–Trinajstić information content (AvgIpc) is 2.72. The summed E-state index contributed by atoms with van der Waals surface area (Å²) in [6.45, 7) is 10.6. The number of unbranched alkanes of at least 4 members (excludes halogenated alkanes) is 1. The summed E-state index contributed by atoms with van der Waals surface area (Å²) < 4.78 is 1.89. The fourth-order valence-corrected chi connectivity index (χ4v) is 2.64. The molecule has 0 saturated heterocycles. The van der Waals surface area contributed by atoms with Gasteiger partial charge in [0.25, 0.3) is 0 Å². The second kappa shape index (κ2) is 7.65. The van der Waals surface area contributed by atoms with Gasteiger partial charge in [-0.3, -0.25) is 9.58 Å². The van der Waals surface area contributed by atoms with Crippen molar-refractivity contribution >= 4 is 0 Å². The summed E-state index contributed by atoms with van der Waals surface area (Å²) in [5, 5.41) is 4.46. The molecular weight excluding hydrogens is 236 g/mol. The van der Waals surface area contributed by atoms with Gasteiger partial charge in [-0.15, -0.1) is 0 Å². The molecule has 110 valence electrons. The molecular formula is C15H30N4. The summed E-state index contributed by atoms with van der Waals surface area (Å²) in [4.78, 5) is 2.55. The summed E-state index contributed by atoms with van der Waals surface area (Å²) in [7, 11) is 1.98. The van der Waals surface area contributed by atoms with E-state index in [1.165, 1.54) is 18.4 Å². The van der Waals surface area contributed by atoms with Crippen LogP contribution in [0.5, 0.6) is 0 Å². The van der Waals surface area contributed by atoms with Gasteiger partial charge >= 0.3 is 0 Å². The van der Waals surface area contributed by atoms with Gasteiger partial charge in [-0.2, -0.15) is 5.10 Å². The van der Waals surface area contributed by atoms with E-state index in [1.54, 1.807) is 0 Å². The van der Waals surface area contributed by atoms with Gasteiger partial charge in [-0.05, 0) is 33.2 Å². The Hall–Kier alpha value is -0.870. The third-order valence-electron chi connectivity index (χ3n) is 3.96. The lowest BCUT2D eigenvalue weighted by Crippen LogP contribution is -2.40. The molecule has 0 aliphatic rings. The first-order chi connectivity index (χ1) is 9.04. The molecule has 19 heavy (non-hydrogen) atoms. The number of aromatic nitrogens is 2. The molecule has 0 aliphatic heterocycles. The highest BCUT2D eigenvalue weighted by molar-refractivity contribution is 5.21. The van der Waals surface area contributed by atoms with Gasteiger partial charge in [0.2, 0.25) is 0 Å². The number of nitrogens with zero attached hydrogens (tertiary/aromatic N) is 3. The number of rotatable bonds is 8. The number of aryl methyl sites for hydroxylation is 2. The Morgan fingerprint density at radius 1 is 1.42 bits per heavy atom. The van der Waals surface area contributed by atoms with Crippen LogP contribution in [0.3, 0.4) is 0 Å². The standard InChI is InChI=1S/C15H30N4/c1-6-8-9-19(12(3)7-2)15(10-16)14-11-18(5)17-13(14)4/h11-12,15H,6-10,16H2,1-5H3. The van der Waals surface area contributed by atoms with Crippen LogP contribution in [-0.4, -0.2) is 33.8 Å². The van der Waals surface area contributed by atoms with Crippen molar-refractivity contribution in [1.82, 2.24) is 14.7 Å². The number of hydrogen-bond donors (Lipinski definition) is 1. The van der Waals surface area contributed by atoms with E-state index in [1.807, 2.05) is 11.7 Å². The van der Waals surface area contributed by atoms with E-state index >= 15 is 0 Å². The van der Waals surface area contributed by atoms with Gasteiger partial charge < -0.3 is 5.73 Å². The van der Waals surface area contributed by atoms with E-state index in [0.717, 1.165) is 18.7 Å². The van der Waals surface area contributed by atoms with Crippen LogP contribution in [0.4, 0.5) is 0 Å². The summed E-state index contributed by atoms with van der Waals surface area (Å²) in [6.07, 6.45) is 5.71. The van der Waals surface area contributed by atoms with E-state index in [-0.39, 0.29) is 6.04 Å². The Morgan fingerprint density at radius 3 is 2.53 bits per heavy atom. The van der Waals surface area contributed by atoms with E-state index in [4.69, 9.17) is 5.73 Å². The van der Waals surface area contributed by atoms with Crippen LogP contribution in [0.1, 0.15) is 57.3 Å². The van der Waals surface area contributed by atoms with Crippen molar-refractivity contribution in [3.05, 3.63) is 17.5 Å². The SMILES string of the molecule is CCCCN(C(C)CC)C(CN)c1cn(C)nc1C. The zero-order valence-electron chi connectivity index (χ0n) is 13.2. The smallest absolute Gasteiger partial charge is 0.0641 e. The van der Waals surface area contributed by atoms with Crippen LogP contribution in [0.2, 0.25) is 0 Å². The molecule has 0 amide bonds. The van der Waals surface area contributed by atoms with Crippen LogP contribution < -0.4 is 5.73 Å². The second-order valence-electron chi connectivity index (χ2n) is 5.44. The summed E-state index contributed by atoms with van der Waals surface area (Å²) in [6, 6.07) is 0.843. The molecule has 1 heterocycles. The zero-order chi connectivity index (χ0) is 14.4. The first kappa shape index (κ1) is 16.2. The van der Waals surface area contributed by atoms with Gasteiger partial charge in [0, 0.05) is 31.4 Å². The second-order valence-corrected chi connectivity index (χ2v) is 5.44. The topological polar surface area (TPSA) is 47.1 Å². The van der Waals surface area contributed by atoms with Gasteiger partial charge in [-0.1, -0.05) is 20.3 Å². The summed E-state index contributed by atoms with van der Waals surface area (Å²) in [5.41, 5.74) is 8.45. The van der Waals surface area contributed by atoms with Gasteiger partial charge in [0.05, 0.1) is 11.7 Å². The molecule has 2 N–H and O–H groups in total. The molecule has 0 radical (unpaired) electrons. The minimum atomic E-state index is 0.287. The molecule has 2 unspecified atom stereocenters. The molecule has 4 nitrogen and oxygen atoms in total. The van der Waals surface area contributed by atoms with Crippen LogP contribution >= 0.6 is 0 Å². The highest BCUT2D eigenvalue weighted by atomic mass is 15.3. The van der Waals surface area contributed by atoms with Crippen molar-refractivity contribution in [1.29, 1.82) is 0 Å². The molecule has 2 atom stereocenters. The Balaban J connectivity index is 2.98. The fraction of sp³-hybridized carbons (Fsp3) is 0.800. The molecule has 0 saturated carbocycles. The van der Waals surface area contributed by atoms with Crippen molar-refractivity contribution in [2.24, 2.45) is 12.8 Å². The Kier molecular flexibility index (Phi) is 6.52. The van der Waals surface area contributed by atoms with E-state index in [2.05, 4.69) is 43.9 Å². The minimum absolute atomic E-state index is 0.287. The predicted octanol–water partition coefficient (Wildman–Crippen LogP) is 2.63. The third-order valence-corrected chi connectivity index (χ3v) is 3.96. The summed E-state index contributed by atoms with van der Waals surface area (Å²) >= 11 is 0. The lowest BCUT2D eigenvalue weighted by Gasteiger charge is -2.35. The molecule has 1 aromatic rings. The lowest BCUT2D eigenvalue weighted by atomic mass is 10.0. The van der Waals surface area contributed by atoms with Crippen LogP contribution in [-0.2, 0) is 7.05 Å². The Morgan fingerprint density at radius 2 is 2.11 bits per heavy atom. The first-order valence-electron chi connectivity index (χ1n) is 7.51. The highest BCUT2D eigenvalue weighted by Crippen LogP contribution is 2.25. The van der Waals surface area contributed by atoms with Crippen molar-refractivity contribution in [2.45, 2.75) is 59.0 Å². The van der Waals surface area contributed by atoms with Crippen LogP contribution in [0, 0.1) is 6.92 Å². The van der Waals surface area contributed by atoms with E-state index in [0.29, 0.717) is 12.6 Å². The lowest BCUT2D eigenvalue weighted by molar-refractivity contribution is 0.140. The van der Waals surface area contributed by atoms with Crippen molar-refractivity contribution in [2.75, 3.05) is 13.1 Å². The van der Waals surface area contributed by atoms with E-state index < -0.39 is 0 Å². The maximum Gasteiger partial charge on any atom is 0.0641 e. The monoisotopic (exact) mass is 266 g/mol. The quantitative estimate of drug-likeness (QED) is 0.787. The van der Waals surface area contributed by atoms with Crippen LogP contribution in [0.15, 0.2) is 6.20 Å². The summed E-state index contributed by atoms with van der Waals surface area (Å²) in [5.74, 6) is 0. The van der Waals surface area contributed by atoms with Gasteiger partial charge in [0.15, 0.2) is 0 Å². The van der Waals surface area contributed by atoms with Crippen molar-refractivity contribution in [3.8, 4) is 0 Å². The van der Waals surface area contributed by atoms with Crippen molar-refractivity contribution < 1.29 is 0 Å². The molecule has 0 aliphatic carbocycles. The molecule has 1 aromatic heterocycles. The maximum absolute atomic E-state index is 6.07. The highest BCUT2D eigenvalue weighted by Gasteiger charge is 2.25. The molecule has 1 rings (SSSR count). The molecule has 0 fully saturated rings.